The molecular weight excluding hydrogens is 484 g/mol. The van der Waals surface area contributed by atoms with Crippen LogP contribution < -0.4 is 28.6 Å². The standard InChI is InChI=1S/C26H30N2O7S/c1-32-22-12-8-19(14-24(22)34-3)16-27-26(29)20-9-6-18(7-10-20)17-28(36(5,30)31)21-11-13-23(33-2)25(15-21)35-4/h6-15H,16-17H2,1-5H3,(H,27,29). The highest BCUT2D eigenvalue weighted by molar-refractivity contribution is 7.92. The minimum absolute atomic E-state index is 0.0852. The molecule has 0 aliphatic rings. The normalized spacial score (nSPS) is 10.9. The molecule has 0 fully saturated rings. The largest absolute Gasteiger partial charge is 0.493 e. The number of carbonyl (C=O) groups is 1. The van der Waals surface area contributed by atoms with Crippen LogP contribution in [0.15, 0.2) is 60.7 Å². The number of nitrogens with zero attached hydrogens (tertiary/aromatic N) is 1. The Labute approximate surface area is 211 Å². The van der Waals surface area contributed by atoms with E-state index >= 15 is 0 Å². The lowest BCUT2D eigenvalue weighted by atomic mass is 10.1. The molecule has 0 unspecified atom stereocenters. The maximum Gasteiger partial charge on any atom is 0.251 e. The summed E-state index contributed by atoms with van der Waals surface area (Å²) < 4.78 is 47.4. The van der Waals surface area contributed by atoms with E-state index in [2.05, 4.69) is 5.32 Å². The van der Waals surface area contributed by atoms with Crippen molar-refractivity contribution in [3.05, 3.63) is 77.4 Å². The molecule has 0 aromatic heterocycles. The van der Waals surface area contributed by atoms with Crippen LogP contribution in [0.2, 0.25) is 0 Å². The van der Waals surface area contributed by atoms with Gasteiger partial charge in [0.1, 0.15) is 0 Å². The van der Waals surface area contributed by atoms with Crippen molar-refractivity contribution in [3.63, 3.8) is 0 Å². The number of hydrogen-bond acceptors (Lipinski definition) is 7. The monoisotopic (exact) mass is 514 g/mol. The van der Waals surface area contributed by atoms with Gasteiger partial charge in [-0.15, -0.1) is 0 Å². The number of benzene rings is 3. The zero-order valence-electron chi connectivity index (χ0n) is 20.9. The van der Waals surface area contributed by atoms with Crippen LogP contribution in [0, 0.1) is 0 Å². The fraction of sp³-hybridized carbons (Fsp3) is 0.269. The van der Waals surface area contributed by atoms with E-state index < -0.39 is 10.0 Å². The van der Waals surface area contributed by atoms with E-state index in [1.807, 2.05) is 6.07 Å². The molecule has 3 aromatic rings. The molecule has 0 radical (unpaired) electrons. The summed E-state index contributed by atoms with van der Waals surface area (Å²) in [4.78, 5) is 12.6. The third-order valence-electron chi connectivity index (χ3n) is 5.50. The molecular formula is C26H30N2O7S. The topological polar surface area (TPSA) is 103 Å². The van der Waals surface area contributed by atoms with Crippen molar-refractivity contribution in [2.75, 3.05) is 39.0 Å². The number of rotatable bonds is 11. The Morgan fingerprint density at radius 3 is 1.83 bits per heavy atom. The summed E-state index contributed by atoms with van der Waals surface area (Å²) in [5.74, 6) is 1.86. The van der Waals surface area contributed by atoms with Gasteiger partial charge in [-0.3, -0.25) is 9.10 Å². The fourth-order valence-electron chi connectivity index (χ4n) is 3.58. The van der Waals surface area contributed by atoms with Crippen LogP contribution in [-0.4, -0.2) is 49.0 Å². The van der Waals surface area contributed by atoms with E-state index in [9.17, 15) is 13.2 Å². The third-order valence-corrected chi connectivity index (χ3v) is 6.64. The molecule has 1 N–H and O–H groups in total. The van der Waals surface area contributed by atoms with E-state index in [0.717, 1.165) is 11.8 Å². The van der Waals surface area contributed by atoms with Gasteiger partial charge in [-0.2, -0.15) is 0 Å². The average molecular weight is 515 g/mol. The van der Waals surface area contributed by atoms with Crippen molar-refractivity contribution >= 4 is 21.6 Å². The second-order valence-electron chi connectivity index (χ2n) is 7.88. The number of sulfonamides is 1. The van der Waals surface area contributed by atoms with Gasteiger partial charge in [0, 0.05) is 18.2 Å². The molecule has 10 heteroatoms. The van der Waals surface area contributed by atoms with Gasteiger partial charge >= 0.3 is 0 Å². The van der Waals surface area contributed by atoms with Crippen LogP contribution in [0.4, 0.5) is 5.69 Å². The molecule has 1 amide bonds. The Hall–Kier alpha value is -3.92. The Morgan fingerprint density at radius 2 is 1.28 bits per heavy atom. The Kier molecular flexibility index (Phi) is 8.65. The summed E-state index contributed by atoms with van der Waals surface area (Å²) >= 11 is 0. The first-order valence-corrected chi connectivity index (χ1v) is 12.8. The maximum absolute atomic E-state index is 12.6. The molecule has 0 aliphatic heterocycles. The molecule has 0 bridgehead atoms. The average Bonchev–Trinajstić information content (AvgIpc) is 2.89. The zero-order valence-corrected chi connectivity index (χ0v) is 21.7. The van der Waals surface area contributed by atoms with Gasteiger partial charge in [0.25, 0.3) is 5.91 Å². The molecule has 9 nitrogen and oxygen atoms in total. The number of amides is 1. The van der Waals surface area contributed by atoms with Crippen molar-refractivity contribution in [2.45, 2.75) is 13.1 Å². The molecule has 0 saturated carbocycles. The van der Waals surface area contributed by atoms with E-state index in [0.29, 0.717) is 46.4 Å². The lowest BCUT2D eigenvalue weighted by Gasteiger charge is -2.23. The van der Waals surface area contributed by atoms with Crippen LogP contribution in [0.5, 0.6) is 23.0 Å². The molecule has 36 heavy (non-hydrogen) atoms. The van der Waals surface area contributed by atoms with Crippen molar-refractivity contribution < 1.29 is 32.2 Å². The van der Waals surface area contributed by atoms with E-state index in [1.165, 1.54) is 18.5 Å². The van der Waals surface area contributed by atoms with Crippen molar-refractivity contribution in [1.29, 1.82) is 0 Å². The predicted molar refractivity (Wildman–Crippen MR) is 138 cm³/mol. The van der Waals surface area contributed by atoms with Gasteiger partial charge < -0.3 is 24.3 Å². The second kappa shape index (κ2) is 11.7. The van der Waals surface area contributed by atoms with E-state index in [4.69, 9.17) is 18.9 Å². The quantitative estimate of drug-likeness (QED) is 0.417. The van der Waals surface area contributed by atoms with Gasteiger partial charge in [0.05, 0.1) is 46.9 Å². The summed E-state index contributed by atoms with van der Waals surface area (Å²) in [7, 11) is 2.51. The Balaban J connectivity index is 1.72. The molecule has 0 heterocycles. The maximum atomic E-state index is 12.6. The summed E-state index contributed by atoms with van der Waals surface area (Å²) in [5.41, 5.74) is 2.46. The van der Waals surface area contributed by atoms with E-state index in [1.54, 1.807) is 68.8 Å². The molecule has 192 valence electrons. The highest BCUT2D eigenvalue weighted by Crippen LogP contribution is 2.33. The van der Waals surface area contributed by atoms with Crippen LogP contribution in [0.1, 0.15) is 21.5 Å². The highest BCUT2D eigenvalue weighted by Gasteiger charge is 2.20. The third kappa shape index (κ3) is 6.39. The van der Waals surface area contributed by atoms with Gasteiger partial charge in [0.2, 0.25) is 10.0 Å². The molecule has 0 spiro atoms. The molecule has 0 saturated heterocycles. The van der Waals surface area contributed by atoms with Crippen LogP contribution in [0.3, 0.4) is 0 Å². The number of ether oxygens (including phenoxy) is 4. The number of hydrogen-bond donors (Lipinski definition) is 1. The second-order valence-corrected chi connectivity index (χ2v) is 9.78. The summed E-state index contributed by atoms with van der Waals surface area (Å²) in [6, 6.07) is 17.1. The Bertz CT molecular complexity index is 1310. The van der Waals surface area contributed by atoms with Gasteiger partial charge in [-0.05, 0) is 47.5 Å². The number of nitrogens with one attached hydrogen (secondary N) is 1. The molecule has 3 aromatic carbocycles. The lowest BCUT2D eigenvalue weighted by molar-refractivity contribution is 0.0951. The van der Waals surface area contributed by atoms with Crippen molar-refractivity contribution in [3.8, 4) is 23.0 Å². The van der Waals surface area contributed by atoms with Crippen LogP contribution >= 0.6 is 0 Å². The lowest BCUT2D eigenvalue weighted by Crippen LogP contribution is -2.29. The van der Waals surface area contributed by atoms with Gasteiger partial charge in [0.15, 0.2) is 23.0 Å². The molecule has 3 rings (SSSR count). The smallest absolute Gasteiger partial charge is 0.251 e. The first kappa shape index (κ1) is 26.7. The molecule has 0 atom stereocenters. The van der Waals surface area contributed by atoms with Crippen LogP contribution in [0.25, 0.3) is 0 Å². The van der Waals surface area contributed by atoms with Crippen molar-refractivity contribution in [2.24, 2.45) is 0 Å². The molecule has 0 aliphatic carbocycles. The zero-order chi connectivity index (χ0) is 26.3. The summed E-state index contributed by atoms with van der Waals surface area (Å²) in [5, 5.41) is 2.87. The first-order valence-electron chi connectivity index (χ1n) is 11.0. The van der Waals surface area contributed by atoms with Gasteiger partial charge in [-0.25, -0.2) is 8.42 Å². The number of methoxy groups -OCH3 is 4. The number of carbonyl (C=O) groups excluding carboxylic acids is 1. The van der Waals surface area contributed by atoms with Crippen molar-refractivity contribution in [1.82, 2.24) is 5.32 Å². The fourth-order valence-corrected chi connectivity index (χ4v) is 4.46. The number of anilines is 1. The van der Waals surface area contributed by atoms with Crippen LogP contribution in [-0.2, 0) is 23.1 Å². The SMILES string of the molecule is COc1ccc(CNC(=O)c2ccc(CN(c3ccc(OC)c(OC)c3)S(C)(=O)=O)cc2)cc1OC. The minimum atomic E-state index is -3.60. The summed E-state index contributed by atoms with van der Waals surface area (Å²) in [6.45, 7) is 0.393. The Morgan fingerprint density at radius 1 is 0.750 bits per heavy atom. The first-order chi connectivity index (χ1) is 17.2. The highest BCUT2D eigenvalue weighted by atomic mass is 32.2. The summed E-state index contributed by atoms with van der Waals surface area (Å²) in [6.07, 6.45) is 1.14. The van der Waals surface area contributed by atoms with Gasteiger partial charge in [-0.1, -0.05) is 18.2 Å². The predicted octanol–water partition coefficient (Wildman–Crippen LogP) is 3.62. The van der Waals surface area contributed by atoms with E-state index in [-0.39, 0.29) is 12.5 Å². The minimum Gasteiger partial charge on any atom is -0.493 e.